The molecule has 2 unspecified atom stereocenters. The van der Waals surface area contributed by atoms with Crippen molar-refractivity contribution >= 4 is 22.9 Å². The maximum Gasteiger partial charge on any atom is 0.232 e. The molecule has 1 aliphatic heterocycles. The Hall–Kier alpha value is -1.65. The maximum atomic E-state index is 12.1. The summed E-state index contributed by atoms with van der Waals surface area (Å²) in [5.74, 6) is -0.0225. The summed E-state index contributed by atoms with van der Waals surface area (Å²) in [6.07, 6.45) is 0.999. The summed E-state index contributed by atoms with van der Waals surface area (Å²) in [6, 6.07) is 7.89. The summed E-state index contributed by atoms with van der Waals surface area (Å²) in [4.78, 5) is 13.0. The number of carbonyl (C=O) groups excluding carboxylic acids is 1. The third kappa shape index (κ3) is 2.39. The second kappa shape index (κ2) is 5.62. The molecule has 3 rings (SSSR count). The molecule has 21 heavy (non-hydrogen) atoms. The number of aliphatic hydroxyl groups excluding tert-OH is 1. The van der Waals surface area contributed by atoms with Gasteiger partial charge in [-0.05, 0) is 47.0 Å². The first-order valence-electron chi connectivity index (χ1n) is 7.34. The van der Waals surface area contributed by atoms with Crippen LogP contribution in [0.5, 0.6) is 0 Å². The highest BCUT2D eigenvalue weighted by Crippen LogP contribution is 2.40. The van der Waals surface area contributed by atoms with E-state index in [0.29, 0.717) is 0 Å². The van der Waals surface area contributed by atoms with Crippen LogP contribution in [-0.4, -0.2) is 11.0 Å². The lowest BCUT2D eigenvalue weighted by molar-refractivity contribution is -0.117. The Morgan fingerprint density at radius 3 is 2.81 bits per heavy atom. The number of aryl methyl sites for hydroxylation is 1. The average Bonchev–Trinajstić information content (AvgIpc) is 3.12. The zero-order chi connectivity index (χ0) is 15.0. The van der Waals surface area contributed by atoms with E-state index < -0.39 is 6.10 Å². The van der Waals surface area contributed by atoms with Gasteiger partial charge in [0.1, 0.15) is 6.10 Å². The van der Waals surface area contributed by atoms with E-state index in [2.05, 4.69) is 12.2 Å². The van der Waals surface area contributed by atoms with E-state index in [1.165, 1.54) is 0 Å². The van der Waals surface area contributed by atoms with Gasteiger partial charge in [-0.2, -0.15) is 0 Å². The number of nitrogens with one attached hydrogen (secondary N) is 1. The summed E-state index contributed by atoms with van der Waals surface area (Å²) in [6.45, 7) is 4.09. The van der Waals surface area contributed by atoms with Gasteiger partial charge in [-0.3, -0.25) is 4.79 Å². The van der Waals surface area contributed by atoms with E-state index in [4.69, 9.17) is 0 Å². The lowest BCUT2D eigenvalue weighted by Crippen LogP contribution is -2.10. The molecule has 0 saturated heterocycles. The predicted molar refractivity (Wildman–Crippen MR) is 85.9 cm³/mol. The van der Waals surface area contributed by atoms with Crippen molar-refractivity contribution in [3.05, 3.63) is 51.2 Å². The predicted octanol–water partition coefficient (Wildman–Crippen LogP) is 3.84. The molecule has 1 amide bonds. The van der Waals surface area contributed by atoms with Crippen molar-refractivity contribution < 1.29 is 9.90 Å². The fraction of sp³-hybridized carbons (Fsp3) is 0.353. The second-order valence-electron chi connectivity index (χ2n) is 5.37. The fourth-order valence-corrected chi connectivity index (χ4v) is 3.72. The van der Waals surface area contributed by atoms with Gasteiger partial charge in [-0.1, -0.05) is 26.0 Å². The molecule has 0 spiro atoms. The Kier molecular flexibility index (Phi) is 3.83. The standard InChI is InChI=1S/C17H19NO2S/c1-3-10-8-11(16(19)14-6-5-7-21-14)9-13-12(4-2)17(20)18-15(10)13/h5-9,12,16,19H,3-4H2,1-2H3,(H,18,20). The Labute approximate surface area is 128 Å². The van der Waals surface area contributed by atoms with Gasteiger partial charge < -0.3 is 10.4 Å². The van der Waals surface area contributed by atoms with Crippen molar-refractivity contribution in [3.63, 3.8) is 0 Å². The van der Waals surface area contributed by atoms with Gasteiger partial charge in [-0.15, -0.1) is 11.3 Å². The molecule has 4 heteroatoms. The SMILES string of the molecule is CCc1cc(C(O)c2cccs2)cc2c1NC(=O)C2CC. The van der Waals surface area contributed by atoms with E-state index in [0.717, 1.165) is 40.1 Å². The van der Waals surface area contributed by atoms with Crippen molar-refractivity contribution in [2.24, 2.45) is 0 Å². The third-order valence-corrected chi connectivity index (χ3v) is 5.06. The van der Waals surface area contributed by atoms with Gasteiger partial charge in [0, 0.05) is 10.6 Å². The number of thiophene rings is 1. The maximum absolute atomic E-state index is 12.1. The molecule has 3 nitrogen and oxygen atoms in total. The molecule has 2 aromatic rings. The second-order valence-corrected chi connectivity index (χ2v) is 6.35. The summed E-state index contributed by atoms with van der Waals surface area (Å²) >= 11 is 1.55. The monoisotopic (exact) mass is 301 g/mol. The number of hydrogen-bond acceptors (Lipinski definition) is 3. The smallest absolute Gasteiger partial charge is 0.232 e. The molecule has 0 aliphatic carbocycles. The van der Waals surface area contributed by atoms with E-state index >= 15 is 0 Å². The lowest BCUT2D eigenvalue weighted by Gasteiger charge is -2.15. The molecule has 110 valence electrons. The normalized spacial score (nSPS) is 18.4. The number of hydrogen-bond donors (Lipinski definition) is 2. The number of aliphatic hydroxyl groups is 1. The number of carbonyl (C=O) groups is 1. The van der Waals surface area contributed by atoms with Crippen molar-refractivity contribution in [1.29, 1.82) is 0 Å². The lowest BCUT2D eigenvalue weighted by atomic mass is 9.91. The molecule has 0 saturated carbocycles. The van der Waals surface area contributed by atoms with Gasteiger partial charge in [0.2, 0.25) is 5.91 Å². The number of fused-ring (bicyclic) bond motifs is 1. The van der Waals surface area contributed by atoms with Gasteiger partial charge in [0.15, 0.2) is 0 Å². The van der Waals surface area contributed by atoms with Gasteiger partial charge in [-0.25, -0.2) is 0 Å². The van der Waals surface area contributed by atoms with Crippen LogP contribution in [-0.2, 0) is 11.2 Å². The Balaban J connectivity index is 2.08. The van der Waals surface area contributed by atoms with Gasteiger partial charge >= 0.3 is 0 Å². The molecule has 0 fully saturated rings. The van der Waals surface area contributed by atoms with E-state index in [9.17, 15) is 9.90 Å². The van der Waals surface area contributed by atoms with Crippen molar-refractivity contribution in [1.82, 2.24) is 0 Å². The molecule has 0 radical (unpaired) electrons. The van der Waals surface area contributed by atoms with Gasteiger partial charge in [0.05, 0.1) is 5.92 Å². The summed E-state index contributed by atoms with van der Waals surface area (Å²) in [7, 11) is 0. The molecule has 1 aliphatic rings. The zero-order valence-electron chi connectivity index (χ0n) is 12.2. The Bertz CT molecular complexity index is 664. The van der Waals surface area contributed by atoms with Crippen LogP contribution in [0.15, 0.2) is 29.6 Å². The highest BCUT2D eigenvalue weighted by molar-refractivity contribution is 7.10. The Morgan fingerprint density at radius 1 is 1.38 bits per heavy atom. The van der Waals surface area contributed by atoms with E-state index in [1.54, 1.807) is 11.3 Å². The fourth-order valence-electron chi connectivity index (χ4n) is 2.98. The summed E-state index contributed by atoms with van der Waals surface area (Å²) in [5, 5.41) is 15.5. The van der Waals surface area contributed by atoms with Crippen LogP contribution in [0, 0.1) is 0 Å². The van der Waals surface area contributed by atoms with Crippen LogP contribution in [0.25, 0.3) is 0 Å². The minimum absolute atomic E-state index is 0.0740. The molecule has 2 heterocycles. The minimum atomic E-state index is -0.617. The largest absolute Gasteiger partial charge is 0.383 e. The average molecular weight is 301 g/mol. The highest BCUT2D eigenvalue weighted by Gasteiger charge is 2.31. The number of benzene rings is 1. The number of amides is 1. The summed E-state index contributed by atoms with van der Waals surface area (Å²) < 4.78 is 0. The Morgan fingerprint density at radius 2 is 2.19 bits per heavy atom. The number of anilines is 1. The van der Waals surface area contributed by atoms with Crippen LogP contribution in [0.3, 0.4) is 0 Å². The van der Waals surface area contributed by atoms with E-state index in [-0.39, 0.29) is 11.8 Å². The van der Waals surface area contributed by atoms with E-state index in [1.807, 2.05) is 36.6 Å². The van der Waals surface area contributed by atoms with Crippen molar-refractivity contribution in [2.45, 2.75) is 38.7 Å². The summed E-state index contributed by atoms with van der Waals surface area (Å²) in [5.41, 5.74) is 3.97. The third-order valence-electron chi connectivity index (χ3n) is 4.13. The molecule has 0 bridgehead atoms. The van der Waals surface area contributed by atoms with Crippen LogP contribution in [0.2, 0.25) is 0 Å². The number of rotatable bonds is 4. The van der Waals surface area contributed by atoms with Crippen molar-refractivity contribution in [3.8, 4) is 0 Å². The molecular formula is C17H19NO2S. The quantitative estimate of drug-likeness (QED) is 0.901. The molecule has 2 atom stereocenters. The van der Waals surface area contributed by atoms with Crippen LogP contribution in [0.1, 0.15) is 53.9 Å². The minimum Gasteiger partial charge on any atom is -0.383 e. The first-order valence-corrected chi connectivity index (χ1v) is 8.22. The topological polar surface area (TPSA) is 49.3 Å². The van der Waals surface area contributed by atoms with Crippen LogP contribution < -0.4 is 5.32 Å². The van der Waals surface area contributed by atoms with Crippen LogP contribution in [0.4, 0.5) is 5.69 Å². The molecule has 1 aromatic heterocycles. The zero-order valence-corrected chi connectivity index (χ0v) is 13.0. The van der Waals surface area contributed by atoms with Crippen molar-refractivity contribution in [2.75, 3.05) is 5.32 Å². The highest BCUT2D eigenvalue weighted by atomic mass is 32.1. The first-order chi connectivity index (χ1) is 10.2. The van der Waals surface area contributed by atoms with Crippen LogP contribution >= 0.6 is 11.3 Å². The molecule has 1 aromatic carbocycles. The van der Waals surface area contributed by atoms with Gasteiger partial charge in [0.25, 0.3) is 0 Å². The first kappa shape index (κ1) is 14.3. The molecular weight excluding hydrogens is 282 g/mol. The molecule has 2 N–H and O–H groups in total.